The molecule has 20 heavy (non-hydrogen) atoms. The monoisotopic (exact) mass is 342 g/mol. The van der Waals surface area contributed by atoms with Crippen molar-refractivity contribution in [3.63, 3.8) is 0 Å². The zero-order valence-electron chi connectivity index (χ0n) is 11.5. The fourth-order valence-electron chi connectivity index (χ4n) is 1.42. The van der Waals surface area contributed by atoms with E-state index >= 15 is 0 Å². The SMILES string of the molecule is CC(C)(C)NCc1nnc(Nc2ccc(Br)cc2F)o1. The predicted molar refractivity (Wildman–Crippen MR) is 78.3 cm³/mol. The van der Waals surface area contributed by atoms with Gasteiger partial charge in [-0.15, -0.1) is 5.10 Å². The summed E-state index contributed by atoms with van der Waals surface area (Å²) in [5, 5.41) is 13.7. The topological polar surface area (TPSA) is 63.0 Å². The number of anilines is 2. The molecule has 108 valence electrons. The fraction of sp³-hybridized carbons (Fsp3) is 0.385. The highest BCUT2D eigenvalue weighted by atomic mass is 79.9. The third kappa shape index (κ3) is 4.28. The first-order valence-corrected chi connectivity index (χ1v) is 6.92. The first-order chi connectivity index (χ1) is 9.33. The molecule has 0 amide bonds. The van der Waals surface area contributed by atoms with E-state index in [4.69, 9.17) is 4.42 Å². The molecule has 0 spiro atoms. The minimum atomic E-state index is -0.396. The lowest BCUT2D eigenvalue weighted by atomic mass is 10.1. The quantitative estimate of drug-likeness (QED) is 0.888. The van der Waals surface area contributed by atoms with E-state index in [0.717, 1.165) is 0 Å². The third-order valence-corrected chi connectivity index (χ3v) is 2.90. The smallest absolute Gasteiger partial charge is 0.320 e. The van der Waals surface area contributed by atoms with Gasteiger partial charge in [0, 0.05) is 10.0 Å². The molecule has 0 aliphatic heterocycles. The molecule has 1 aromatic heterocycles. The van der Waals surface area contributed by atoms with Gasteiger partial charge in [-0.2, -0.15) is 0 Å². The Bertz CT molecular complexity index is 594. The van der Waals surface area contributed by atoms with Gasteiger partial charge in [0.2, 0.25) is 5.89 Å². The van der Waals surface area contributed by atoms with Gasteiger partial charge in [-0.1, -0.05) is 21.0 Å². The third-order valence-electron chi connectivity index (χ3n) is 2.41. The molecule has 0 aliphatic carbocycles. The predicted octanol–water partition coefficient (Wildman–Crippen LogP) is 3.60. The highest BCUT2D eigenvalue weighted by molar-refractivity contribution is 9.10. The summed E-state index contributed by atoms with van der Waals surface area (Å²) in [5.41, 5.74) is 0.243. The Hall–Kier alpha value is -1.47. The van der Waals surface area contributed by atoms with Crippen LogP contribution >= 0.6 is 15.9 Å². The molecule has 2 aromatic rings. The maximum absolute atomic E-state index is 13.7. The summed E-state index contributed by atoms with van der Waals surface area (Å²) >= 11 is 3.20. The first-order valence-electron chi connectivity index (χ1n) is 6.13. The van der Waals surface area contributed by atoms with Gasteiger partial charge in [0.1, 0.15) is 5.82 Å². The molecule has 0 unspecified atom stereocenters. The molecule has 2 rings (SSSR count). The van der Waals surface area contributed by atoms with E-state index in [0.29, 0.717) is 16.9 Å². The van der Waals surface area contributed by atoms with E-state index in [1.54, 1.807) is 12.1 Å². The number of halogens is 2. The van der Waals surface area contributed by atoms with Crippen LogP contribution < -0.4 is 10.6 Å². The van der Waals surface area contributed by atoms with Crippen LogP contribution in [0.2, 0.25) is 0 Å². The largest absolute Gasteiger partial charge is 0.406 e. The standard InChI is InChI=1S/C13H16BrFN4O/c1-13(2,3)16-7-11-18-19-12(20-11)17-10-5-4-8(14)6-9(10)15/h4-6,16H,7H2,1-3H3,(H,17,19). The van der Waals surface area contributed by atoms with Gasteiger partial charge in [0.25, 0.3) is 0 Å². The molecule has 0 aliphatic rings. The minimum Gasteiger partial charge on any atom is -0.406 e. The number of hydrogen-bond donors (Lipinski definition) is 2. The second kappa shape index (κ2) is 5.88. The Morgan fingerprint density at radius 1 is 1.30 bits per heavy atom. The molecule has 0 saturated carbocycles. The Balaban J connectivity index is 2.02. The van der Waals surface area contributed by atoms with Gasteiger partial charge in [-0.3, -0.25) is 0 Å². The molecule has 5 nitrogen and oxygen atoms in total. The van der Waals surface area contributed by atoms with E-state index < -0.39 is 5.82 Å². The zero-order valence-corrected chi connectivity index (χ0v) is 13.1. The molecule has 0 bridgehead atoms. The van der Waals surface area contributed by atoms with Gasteiger partial charge in [0.15, 0.2) is 0 Å². The van der Waals surface area contributed by atoms with Crippen molar-refractivity contribution in [1.29, 1.82) is 0 Å². The normalized spacial score (nSPS) is 11.7. The molecule has 7 heteroatoms. The second-order valence-electron chi connectivity index (χ2n) is 5.35. The van der Waals surface area contributed by atoms with E-state index in [9.17, 15) is 4.39 Å². The molecule has 1 heterocycles. The van der Waals surface area contributed by atoms with Crippen LogP contribution in [-0.2, 0) is 6.54 Å². The molecule has 2 N–H and O–H groups in total. The van der Waals surface area contributed by atoms with Gasteiger partial charge >= 0.3 is 6.01 Å². The summed E-state index contributed by atoms with van der Waals surface area (Å²) in [6.07, 6.45) is 0. The van der Waals surface area contributed by atoms with E-state index in [1.165, 1.54) is 6.07 Å². The maximum atomic E-state index is 13.7. The average molecular weight is 343 g/mol. The molecular formula is C13H16BrFN4O. The number of hydrogen-bond acceptors (Lipinski definition) is 5. The molecule has 0 fully saturated rings. The Labute approximate surface area is 125 Å². The first kappa shape index (κ1) is 14.9. The lowest BCUT2D eigenvalue weighted by molar-refractivity contribution is 0.384. The van der Waals surface area contributed by atoms with Gasteiger partial charge in [-0.25, -0.2) is 4.39 Å². The van der Waals surface area contributed by atoms with Crippen LogP contribution in [0.4, 0.5) is 16.1 Å². The van der Waals surface area contributed by atoms with Crippen LogP contribution in [0.5, 0.6) is 0 Å². The molecule has 0 radical (unpaired) electrons. The van der Waals surface area contributed by atoms with Crippen LogP contribution in [0, 0.1) is 5.82 Å². The van der Waals surface area contributed by atoms with Gasteiger partial charge < -0.3 is 15.1 Å². The summed E-state index contributed by atoms with van der Waals surface area (Å²) in [4.78, 5) is 0. The summed E-state index contributed by atoms with van der Waals surface area (Å²) in [7, 11) is 0. The maximum Gasteiger partial charge on any atom is 0.320 e. The zero-order chi connectivity index (χ0) is 14.8. The Morgan fingerprint density at radius 3 is 2.70 bits per heavy atom. The second-order valence-corrected chi connectivity index (χ2v) is 6.27. The van der Waals surface area contributed by atoms with Crippen molar-refractivity contribution in [2.75, 3.05) is 5.32 Å². The number of rotatable bonds is 4. The van der Waals surface area contributed by atoms with Crippen molar-refractivity contribution < 1.29 is 8.81 Å². The van der Waals surface area contributed by atoms with Crippen LogP contribution in [0.1, 0.15) is 26.7 Å². The molecule has 0 saturated heterocycles. The number of nitrogens with one attached hydrogen (secondary N) is 2. The number of nitrogens with zero attached hydrogens (tertiary/aromatic N) is 2. The summed E-state index contributed by atoms with van der Waals surface area (Å²) in [6.45, 7) is 6.58. The van der Waals surface area contributed by atoms with Crippen LogP contribution in [0.3, 0.4) is 0 Å². The number of benzene rings is 1. The van der Waals surface area contributed by atoms with Crippen molar-refractivity contribution in [3.8, 4) is 0 Å². The number of aromatic nitrogens is 2. The van der Waals surface area contributed by atoms with Crippen LogP contribution in [-0.4, -0.2) is 15.7 Å². The lowest BCUT2D eigenvalue weighted by Gasteiger charge is -2.18. The van der Waals surface area contributed by atoms with Crippen molar-refractivity contribution in [3.05, 3.63) is 34.4 Å². The van der Waals surface area contributed by atoms with E-state index in [-0.39, 0.29) is 17.2 Å². The highest BCUT2D eigenvalue weighted by Gasteiger charge is 2.13. The Morgan fingerprint density at radius 2 is 2.05 bits per heavy atom. The average Bonchev–Trinajstić information content (AvgIpc) is 2.77. The minimum absolute atomic E-state index is 0.0418. The Kier molecular flexibility index (Phi) is 4.39. The van der Waals surface area contributed by atoms with Gasteiger partial charge in [-0.05, 0) is 39.0 Å². The van der Waals surface area contributed by atoms with Crippen LogP contribution in [0.25, 0.3) is 0 Å². The van der Waals surface area contributed by atoms with Crippen molar-refractivity contribution in [1.82, 2.24) is 15.5 Å². The fourth-order valence-corrected chi connectivity index (χ4v) is 1.76. The van der Waals surface area contributed by atoms with E-state index in [2.05, 4.69) is 36.8 Å². The summed E-state index contributed by atoms with van der Waals surface area (Å²) in [6, 6.07) is 4.85. The molecule has 0 atom stereocenters. The molecule has 1 aromatic carbocycles. The summed E-state index contributed by atoms with van der Waals surface area (Å²) < 4.78 is 19.7. The highest BCUT2D eigenvalue weighted by Crippen LogP contribution is 2.22. The van der Waals surface area contributed by atoms with Crippen molar-refractivity contribution in [2.24, 2.45) is 0 Å². The van der Waals surface area contributed by atoms with E-state index in [1.807, 2.05) is 20.8 Å². The molecular weight excluding hydrogens is 327 g/mol. The van der Waals surface area contributed by atoms with Gasteiger partial charge in [0.05, 0.1) is 12.2 Å². The lowest BCUT2D eigenvalue weighted by Crippen LogP contribution is -2.35. The van der Waals surface area contributed by atoms with Crippen LogP contribution in [0.15, 0.2) is 27.1 Å². The summed E-state index contributed by atoms with van der Waals surface area (Å²) in [5.74, 6) is 0.0480. The van der Waals surface area contributed by atoms with Crippen molar-refractivity contribution in [2.45, 2.75) is 32.9 Å². The van der Waals surface area contributed by atoms with Crippen molar-refractivity contribution >= 4 is 27.6 Å².